The van der Waals surface area contributed by atoms with Gasteiger partial charge in [0.2, 0.25) is 0 Å². The van der Waals surface area contributed by atoms with Crippen molar-refractivity contribution < 1.29 is 5.11 Å². The molecule has 1 atom stereocenters. The molecule has 4 nitrogen and oxygen atoms in total. The van der Waals surface area contributed by atoms with Gasteiger partial charge in [0.25, 0.3) is 0 Å². The van der Waals surface area contributed by atoms with Gasteiger partial charge in [-0.1, -0.05) is 31.2 Å². The van der Waals surface area contributed by atoms with Crippen LogP contribution in [0.3, 0.4) is 0 Å². The van der Waals surface area contributed by atoms with E-state index in [0.717, 1.165) is 24.4 Å². The van der Waals surface area contributed by atoms with Crippen LogP contribution in [0.25, 0.3) is 0 Å². The number of hydrogen-bond donors (Lipinski definition) is 1. The van der Waals surface area contributed by atoms with Crippen molar-refractivity contribution in [2.75, 3.05) is 0 Å². The predicted molar refractivity (Wildman–Crippen MR) is 77.4 cm³/mol. The molecule has 0 amide bonds. The van der Waals surface area contributed by atoms with Crippen molar-refractivity contribution in [2.24, 2.45) is 0 Å². The summed E-state index contributed by atoms with van der Waals surface area (Å²) in [5, 5.41) is 14.8. The second-order valence-corrected chi connectivity index (χ2v) is 5.52. The van der Waals surface area contributed by atoms with E-state index in [4.69, 9.17) is 0 Å². The molecule has 0 spiro atoms. The first-order valence-electron chi connectivity index (χ1n) is 7.43. The lowest BCUT2D eigenvalue weighted by Crippen LogP contribution is -2.11. The van der Waals surface area contributed by atoms with E-state index in [1.54, 1.807) is 6.33 Å². The van der Waals surface area contributed by atoms with Crippen LogP contribution in [0.1, 0.15) is 55.2 Å². The van der Waals surface area contributed by atoms with Crippen molar-refractivity contribution in [3.63, 3.8) is 0 Å². The largest absolute Gasteiger partial charge is 0.388 e. The summed E-state index contributed by atoms with van der Waals surface area (Å²) >= 11 is 0. The molecule has 1 aliphatic carbocycles. The lowest BCUT2D eigenvalue weighted by atomic mass is 9.97. The number of hydrogen-bond acceptors (Lipinski definition) is 3. The monoisotopic (exact) mass is 271 g/mol. The zero-order valence-corrected chi connectivity index (χ0v) is 11.9. The first-order chi connectivity index (χ1) is 9.79. The first kappa shape index (κ1) is 13.3. The number of nitrogens with zero attached hydrogens (tertiary/aromatic N) is 3. The summed E-state index contributed by atoms with van der Waals surface area (Å²) in [6.07, 6.45) is 5.12. The number of benzene rings is 1. The maximum absolute atomic E-state index is 10.6. The number of aliphatic hydroxyl groups is 1. The van der Waals surface area contributed by atoms with Crippen molar-refractivity contribution >= 4 is 0 Å². The summed E-state index contributed by atoms with van der Waals surface area (Å²) in [4.78, 5) is 4.28. The lowest BCUT2D eigenvalue weighted by Gasteiger charge is -2.15. The minimum atomic E-state index is -0.494. The van der Waals surface area contributed by atoms with E-state index in [1.807, 2.05) is 16.8 Å². The second kappa shape index (κ2) is 5.75. The standard InChI is InChI=1S/C16H21N3O/c1-2-9-19-16(17-11-18-19)10-15(20)14-6-4-3-5-13(14)12-7-8-12/h3-6,11-12,15,20H,2,7-10H2,1H3. The SMILES string of the molecule is CCCn1ncnc1CC(O)c1ccccc1C1CC1. The molecule has 1 saturated carbocycles. The Balaban J connectivity index is 1.79. The Morgan fingerprint density at radius 2 is 2.15 bits per heavy atom. The van der Waals surface area contributed by atoms with Gasteiger partial charge in [0.15, 0.2) is 0 Å². The molecule has 0 bridgehead atoms. The highest BCUT2D eigenvalue weighted by atomic mass is 16.3. The van der Waals surface area contributed by atoms with Crippen LogP contribution in [0.15, 0.2) is 30.6 Å². The summed E-state index contributed by atoms with van der Waals surface area (Å²) in [6, 6.07) is 8.25. The summed E-state index contributed by atoms with van der Waals surface area (Å²) in [5.74, 6) is 1.51. The first-order valence-corrected chi connectivity index (χ1v) is 7.43. The molecule has 20 heavy (non-hydrogen) atoms. The van der Waals surface area contributed by atoms with Crippen LogP contribution in [-0.4, -0.2) is 19.9 Å². The minimum Gasteiger partial charge on any atom is -0.388 e. The number of aromatic nitrogens is 3. The van der Waals surface area contributed by atoms with Crippen LogP contribution in [0.2, 0.25) is 0 Å². The summed E-state index contributed by atoms with van der Waals surface area (Å²) in [7, 11) is 0. The average molecular weight is 271 g/mol. The van der Waals surface area contributed by atoms with Crippen molar-refractivity contribution in [2.45, 2.75) is 51.2 Å². The Labute approximate surface area is 119 Å². The fourth-order valence-electron chi connectivity index (χ4n) is 2.71. The third-order valence-electron chi connectivity index (χ3n) is 3.88. The fourth-order valence-corrected chi connectivity index (χ4v) is 2.71. The molecular weight excluding hydrogens is 250 g/mol. The molecule has 106 valence electrons. The van der Waals surface area contributed by atoms with Gasteiger partial charge in [-0.15, -0.1) is 0 Å². The molecular formula is C16H21N3O. The normalized spacial score (nSPS) is 16.3. The van der Waals surface area contributed by atoms with Crippen molar-refractivity contribution in [3.05, 3.63) is 47.5 Å². The highest BCUT2D eigenvalue weighted by Crippen LogP contribution is 2.43. The highest BCUT2D eigenvalue weighted by molar-refractivity contribution is 5.35. The van der Waals surface area contributed by atoms with Gasteiger partial charge in [-0.2, -0.15) is 5.10 Å². The van der Waals surface area contributed by atoms with Gasteiger partial charge in [0.05, 0.1) is 6.10 Å². The van der Waals surface area contributed by atoms with Crippen LogP contribution in [0, 0.1) is 0 Å². The number of aryl methyl sites for hydroxylation is 1. The molecule has 0 radical (unpaired) electrons. The summed E-state index contributed by atoms with van der Waals surface area (Å²) in [6.45, 7) is 2.97. The van der Waals surface area contributed by atoms with E-state index < -0.39 is 6.10 Å². The molecule has 1 aromatic carbocycles. The summed E-state index contributed by atoms with van der Waals surface area (Å²) < 4.78 is 1.89. The molecule has 1 aliphatic rings. The highest BCUT2D eigenvalue weighted by Gasteiger charge is 2.28. The number of aliphatic hydroxyl groups excluding tert-OH is 1. The van der Waals surface area contributed by atoms with E-state index in [0.29, 0.717) is 12.3 Å². The Kier molecular flexibility index (Phi) is 3.83. The van der Waals surface area contributed by atoms with Gasteiger partial charge in [-0.05, 0) is 36.3 Å². The van der Waals surface area contributed by atoms with Gasteiger partial charge in [-0.25, -0.2) is 4.98 Å². The van der Waals surface area contributed by atoms with Gasteiger partial charge in [0.1, 0.15) is 12.2 Å². The van der Waals surface area contributed by atoms with Crippen LogP contribution < -0.4 is 0 Å². The molecule has 1 fully saturated rings. The Hall–Kier alpha value is -1.68. The van der Waals surface area contributed by atoms with Crippen LogP contribution in [0.4, 0.5) is 0 Å². The minimum absolute atomic E-state index is 0.494. The molecule has 2 aromatic rings. The zero-order valence-electron chi connectivity index (χ0n) is 11.9. The Bertz CT molecular complexity index is 575. The average Bonchev–Trinajstić information content (AvgIpc) is 3.23. The van der Waals surface area contributed by atoms with Crippen molar-refractivity contribution in [1.29, 1.82) is 0 Å². The van der Waals surface area contributed by atoms with Gasteiger partial charge >= 0.3 is 0 Å². The van der Waals surface area contributed by atoms with E-state index in [-0.39, 0.29) is 0 Å². The smallest absolute Gasteiger partial charge is 0.138 e. The van der Waals surface area contributed by atoms with Crippen LogP contribution >= 0.6 is 0 Å². The van der Waals surface area contributed by atoms with Gasteiger partial charge < -0.3 is 5.11 Å². The summed E-state index contributed by atoms with van der Waals surface area (Å²) in [5.41, 5.74) is 2.36. The molecule has 1 heterocycles. The maximum atomic E-state index is 10.6. The van der Waals surface area contributed by atoms with Crippen LogP contribution in [-0.2, 0) is 13.0 Å². The lowest BCUT2D eigenvalue weighted by molar-refractivity contribution is 0.173. The van der Waals surface area contributed by atoms with E-state index in [9.17, 15) is 5.11 Å². The maximum Gasteiger partial charge on any atom is 0.138 e. The molecule has 4 heteroatoms. The van der Waals surface area contributed by atoms with E-state index >= 15 is 0 Å². The third kappa shape index (κ3) is 2.75. The molecule has 1 N–H and O–H groups in total. The number of rotatable bonds is 6. The fraction of sp³-hybridized carbons (Fsp3) is 0.500. The van der Waals surface area contributed by atoms with Crippen molar-refractivity contribution in [1.82, 2.24) is 14.8 Å². The predicted octanol–water partition coefficient (Wildman–Crippen LogP) is 2.84. The van der Waals surface area contributed by atoms with Gasteiger partial charge in [0, 0.05) is 13.0 Å². The van der Waals surface area contributed by atoms with E-state index in [2.05, 4.69) is 29.1 Å². The topological polar surface area (TPSA) is 50.9 Å². The van der Waals surface area contributed by atoms with Gasteiger partial charge in [-0.3, -0.25) is 4.68 Å². The molecule has 1 aromatic heterocycles. The van der Waals surface area contributed by atoms with E-state index in [1.165, 1.54) is 18.4 Å². The molecule has 1 unspecified atom stereocenters. The Morgan fingerprint density at radius 3 is 2.90 bits per heavy atom. The quantitative estimate of drug-likeness (QED) is 0.879. The third-order valence-corrected chi connectivity index (χ3v) is 3.88. The second-order valence-electron chi connectivity index (χ2n) is 5.52. The zero-order chi connectivity index (χ0) is 13.9. The molecule has 3 rings (SSSR count). The Morgan fingerprint density at radius 1 is 1.35 bits per heavy atom. The van der Waals surface area contributed by atoms with Crippen molar-refractivity contribution in [3.8, 4) is 0 Å². The van der Waals surface area contributed by atoms with Crippen LogP contribution in [0.5, 0.6) is 0 Å². The molecule has 0 aliphatic heterocycles. The molecule has 0 saturated heterocycles.